The Balaban J connectivity index is 2.83. The minimum atomic E-state index is 0.326. The van der Waals surface area contributed by atoms with Gasteiger partial charge in [0, 0.05) is 11.5 Å². The Labute approximate surface area is 84.4 Å². The molecule has 0 fully saturated rings. The molecule has 0 radical (unpaired) electrons. The van der Waals surface area contributed by atoms with Crippen LogP contribution in [-0.2, 0) is 0 Å². The van der Waals surface area contributed by atoms with Crippen LogP contribution in [0.15, 0.2) is 35.4 Å². The van der Waals surface area contributed by atoms with Gasteiger partial charge in [0.2, 0.25) is 0 Å². The van der Waals surface area contributed by atoms with E-state index in [2.05, 4.69) is 36.0 Å². The SMILES string of the molecule is CC(C)C(CN=[N+]=[N-])c1ccccc1. The van der Waals surface area contributed by atoms with Crippen molar-refractivity contribution in [3.63, 3.8) is 0 Å². The maximum absolute atomic E-state index is 8.30. The molecule has 3 nitrogen and oxygen atoms in total. The first-order chi connectivity index (χ1) is 6.75. The van der Waals surface area contributed by atoms with Gasteiger partial charge in [-0.05, 0) is 22.9 Å². The van der Waals surface area contributed by atoms with E-state index in [0.29, 0.717) is 18.4 Å². The van der Waals surface area contributed by atoms with Crippen molar-refractivity contribution in [2.24, 2.45) is 11.0 Å². The van der Waals surface area contributed by atoms with E-state index >= 15 is 0 Å². The average Bonchev–Trinajstić information content (AvgIpc) is 2.19. The molecule has 1 rings (SSSR count). The summed E-state index contributed by atoms with van der Waals surface area (Å²) in [5.74, 6) is 0.815. The number of hydrogen-bond donors (Lipinski definition) is 0. The molecule has 14 heavy (non-hydrogen) atoms. The average molecular weight is 189 g/mol. The normalized spacial score (nSPS) is 12.2. The molecule has 1 aromatic carbocycles. The van der Waals surface area contributed by atoms with Gasteiger partial charge < -0.3 is 0 Å². The second-order valence-electron chi connectivity index (χ2n) is 3.67. The van der Waals surface area contributed by atoms with Crippen LogP contribution in [-0.4, -0.2) is 6.54 Å². The number of hydrogen-bond acceptors (Lipinski definition) is 1. The van der Waals surface area contributed by atoms with Gasteiger partial charge in [-0.3, -0.25) is 0 Å². The molecule has 0 N–H and O–H groups in total. The molecule has 0 saturated heterocycles. The summed E-state index contributed by atoms with van der Waals surface area (Å²) in [5.41, 5.74) is 9.55. The molecule has 0 aliphatic carbocycles. The summed E-state index contributed by atoms with van der Waals surface area (Å²) < 4.78 is 0. The lowest BCUT2D eigenvalue weighted by Gasteiger charge is -2.18. The summed E-state index contributed by atoms with van der Waals surface area (Å²) in [4.78, 5) is 2.81. The zero-order chi connectivity index (χ0) is 10.4. The summed E-state index contributed by atoms with van der Waals surface area (Å²) in [6.45, 7) is 4.83. The summed E-state index contributed by atoms with van der Waals surface area (Å²) in [5, 5.41) is 3.65. The van der Waals surface area contributed by atoms with Gasteiger partial charge in [0.25, 0.3) is 0 Å². The van der Waals surface area contributed by atoms with Gasteiger partial charge >= 0.3 is 0 Å². The Bertz CT molecular complexity index is 313. The molecule has 0 saturated carbocycles. The van der Waals surface area contributed by atoms with Crippen molar-refractivity contribution in [1.82, 2.24) is 0 Å². The largest absolute Gasteiger partial charge is 0.0933 e. The molecule has 0 aliphatic rings. The highest BCUT2D eigenvalue weighted by Crippen LogP contribution is 2.24. The molecule has 0 bridgehead atoms. The van der Waals surface area contributed by atoms with Crippen molar-refractivity contribution in [3.05, 3.63) is 46.3 Å². The Hall–Kier alpha value is -1.47. The summed E-state index contributed by atoms with van der Waals surface area (Å²) >= 11 is 0. The van der Waals surface area contributed by atoms with Crippen molar-refractivity contribution in [2.45, 2.75) is 19.8 Å². The van der Waals surface area contributed by atoms with E-state index in [0.717, 1.165) is 0 Å². The smallest absolute Gasteiger partial charge is 0.0329 e. The fraction of sp³-hybridized carbons (Fsp3) is 0.455. The first kappa shape index (κ1) is 10.6. The maximum Gasteiger partial charge on any atom is 0.0329 e. The van der Waals surface area contributed by atoms with Crippen LogP contribution in [0.2, 0.25) is 0 Å². The fourth-order valence-electron chi connectivity index (χ4n) is 1.53. The van der Waals surface area contributed by atoms with Crippen LogP contribution in [0.25, 0.3) is 10.4 Å². The zero-order valence-corrected chi connectivity index (χ0v) is 8.59. The Morgan fingerprint density at radius 2 is 1.93 bits per heavy atom. The van der Waals surface area contributed by atoms with Gasteiger partial charge in [0.15, 0.2) is 0 Å². The predicted octanol–water partition coefficient (Wildman–Crippen LogP) is 3.74. The van der Waals surface area contributed by atoms with Crippen molar-refractivity contribution in [1.29, 1.82) is 0 Å². The molecule has 0 spiro atoms. The highest BCUT2D eigenvalue weighted by atomic mass is 15.1. The Morgan fingerprint density at radius 3 is 2.43 bits per heavy atom. The first-order valence-corrected chi connectivity index (χ1v) is 4.81. The van der Waals surface area contributed by atoms with E-state index in [1.165, 1.54) is 5.56 Å². The highest BCUT2D eigenvalue weighted by molar-refractivity contribution is 5.20. The van der Waals surface area contributed by atoms with Gasteiger partial charge in [-0.1, -0.05) is 49.3 Å². The molecule has 1 atom stereocenters. The number of benzene rings is 1. The van der Waals surface area contributed by atoms with Crippen molar-refractivity contribution in [2.75, 3.05) is 6.54 Å². The minimum Gasteiger partial charge on any atom is -0.0933 e. The number of azide groups is 1. The maximum atomic E-state index is 8.30. The van der Waals surface area contributed by atoms with Crippen LogP contribution in [0, 0.1) is 5.92 Å². The Kier molecular flexibility index (Phi) is 4.02. The van der Waals surface area contributed by atoms with Crippen LogP contribution < -0.4 is 0 Å². The lowest BCUT2D eigenvalue weighted by Crippen LogP contribution is -2.09. The summed E-state index contributed by atoms with van der Waals surface area (Å²) in [6, 6.07) is 10.2. The standard InChI is InChI=1S/C11H15N3/c1-9(2)11(8-13-14-12)10-6-4-3-5-7-10/h3-7,9,11H,8H2,1-2H3. The third kappa shape index (κ3) is 2.79. The molecule has 0 amide bonds. The third-order valence-corrected chi connectivity index (χ3v) is 2.37. The van der Waals surface area contributed by atoms with E-state index in [-0.39, 0.29) is 0 Å². The lowest BCUT2D eigenvalue weighted by molar-refractivity contribution is 0.505. The van der Waals surface area contributed by atoms with Crippen molar-refractivity contribution >= 4 is 0 Å². The lowest BCUT2D eigenvalue weighted by atomic mass is 9.89. The molecule has 74 valence electrons. The summed E-state index contributed by atoms with van der Waals surface area (Å²) in [7, 11) is 0. The molecule has 3 heteroatoms. The van der Waals surface area contributed by atoms with Crippen LogP contribution in [0.4, 0.5) is 0 Å². The van der Waals surface area contributed by atoms with E-state index in [1.807, 2.05) is 18.2 Å². The number of nitrogens with zero attached hydrogens (tertiary/aromatic N) is 3. The van der Waals surface area contributed by atoms with Crippen LogP contribution in [0.3, 0.4) is 0 Å². The van der Waals surface area contributed by atoms with Crippen LogP contribution in [0.1, 0.15) is 25.3 Å². The highest BCUT2D eigenvalue weighted by Gasteiger charge is 2.13. The third-order valence-electron chi connectivity index (χ3n) is 2.37. The fourth-order valence-corrected chi connectivity index (χ4v) is 1.53. The van der Waals surface area contributed by atoms with E-state index in [4.69, 9.17) is 5.53 Å². The topological polar surface area (TPSA) is 48.8 Å². The quantitative estimate of drug-likeness (QED) is 0.393. The second kappa shape index (κ2) is 5.30. The van der Waals surface area contributed by atoms with Gasteiger partial charge in [-0.2, -0.15) is 0 Å². The van der Waals surface area contributed by atoms with Crippen molar-refractivity contribution < 1.29 is 0 Å². The monoisotopic (exact) mass is 189 g/mol. The minimum absolute atomic E-state index is 0.326. The molecule has 1 aromatic rings. The molecular formula is C11H15N3. The van der Waals surface area contributed by atoms with E-state index in [9.17, 15) is 0 Å². The van der Waals surface area contributed by atoms with E-state index in [1.54, 1.807) is 0 Å². The molecular weight excluding hydrogens is 174 g/mol. The second-order valence-corrected chi connectivity index (χ2v) is 3.67. The molecule has 0 aromatic heterocycles. The van der Waals surface area contributed by atoms with Gasteiger partial charge in [-0.25, -0.2) is 0 Å². The molecule has 1 unspecified atom stereocenters. The van der Waals surface area contributed by atoms with Crippen molar-refractivity contribution in [3.8, 4) is 0 Å². The Morgan fingerprint density at radius 1 is 1.29 bits per heavy atom. The van der Waals surface area contributed by atoms with Crippen LogP contribution >= 0.6 is 0 Å². The number of rotatable bonds is 4. The van der Waals surface area contributed by atoms with Crippen LogP contribution in [0.5, 0.6) is 0 Å². The predicted molar refractivity (Wildman–Crippen MR) is 58.0 cm³/mol. The first-order valence-electron chi connectivity index (χ1n) is 4.81. The zero-order valence-electron chi connectivity index (χ0n) is 8.59. The van der Waals surface area contributed by atoms with E-state index < -0.39 is 0 Å². The molecule has 0 aliphatic heterocycles. The summed E-state index contributed by atoms with van der Waals surface area (Å²) in [6.07, 6.45) is 0. The van der Waals surface area contributed by atoms with Gasteiger partial charge in [-0.15, -0.1) is 0 Å². The molecule has 0 heterocycles. The van der Waals surface area contributed by atoms with Gasteiger partial charge in [0.1, 0.15) is 0 Å². The van der Waals surface area contributed by atoms with Gasteiger partial charge in [0.05, 0.1) is 0 Å².